The Balaban J connectivity index is 1.93. The van der Waals surface area contributed by atoms with Gasteiger partial charge >= 0.3 is 0 Å². The van der Waals surface area contributed by atoms with Crippen molar-refractivity contribution in [1.82, 2.24) is 4.98 Å². The lowest BCUT2D eigenvalue weighted by atomic mass is 10.2. The summed E-state index contributed by atoms with van der Waals surface area (Å²) in [6.07, 6.45) is 0. The highest BCUT2D eigenvalue weighted by molar-refractivity contribution is 7.91. The Morgan fingerprint density at radius 3 is 2.53 bits per heavy atom. The van der Waals surface area contributed by atoms with Gasteiger partial charge < -0.3 is 4.90 Å². The number of benzene rings is 1. The third-order valence-corrected chi connectivity index (χ3v) is 4.92. The summed E-state index contributed by atoms with van der Waals surface area (Å²) in [5.41, 5.74) is 0.589. The third kappa shape index (κ3) is 2.53. The topological polar surface area (TPSA) is 50.3 Å². The number of rotatable bonds is 1. The predicted octanol–water partition coefficient (Wildman–Crippen LogP) is 1.61. The standard InChI is InChI=1S/C13H13FN2O2S/c14-11-3-1-10-2-4-13(15-12(10)9-11)16-5-7-19(17,18)8-6-16/h1-4,9H,5-8H2. The van der Waals surface area contributed by atoms with Gasteiger partial charge in [0.25, 0.3) is 0 Å². The van der Waals surface area contributed by atoms with Crippen LogP contribution < -0.4 is 4.90 Å². The molecule has 0 saturated carbocycles. The maximum Gasteiger partial charge on any atom is 0.153 e. The van der Waals surface area contributed by atoms with Gasteiger partial charge in [-0.15, -0.1) is 0 Å². The molecule has 0 aliphatic carbocycles. The van der Waals surface area contributed by atoms with Crippen molar-refractivity contribution in [2.45, 2.75) is 0 Å². The van der Waals surface area contributed by atoms with Crippen molar-refractivity contribution in [3.8, 4) is 0 Å². The summed E-state index contributed by atoms with van der Waals surface area (Å²) < 4.78 is 36.0. The summed E-state index contributed by atoms with van der Waals surface area (Å²) in [6.45, 7) is 0.881. The van der Waals surface area contributed by atoms with Gasteiger partial charge in [0, 0.05) is 24.5 Å². The third-order valence-electron chi connectivity index (χ3n) is 3.31. The molecule has 3 rings (SSSR count). The lowest BCUT2D eigenvalue weighted by molar-refractivity contribution is 0.586. The molecule has 0 radical (unpaired) electrons. The van der Waals surface area contributed by atoms with Crippen LogP contribution in [0, 0.1) is 5.82 Å². The normalized spacial score (nSPS) is 18.7. The van der Waals surface area contributed by atoms with Crippen LogP contribution in [-0.2, 0) is 9.84 Å². The van der Waals surface area contributed by atoms with Crippen LogP contribution in [0.1, 0.15) is 0 Å². The van der Waals surface area contributed by atoms with Crippen LogP contribution in [-0.4, -0.2) is 38.0 Å². The van der Waals surface area contributed by atoms with Gasteiger partial charge in [-0.3, -0.25) is 0 Å². The van der Waals surface area contributed by atoms with Gasteiger partial charge in [0.2, 0.25) is 0 Å². The summed E-state index contributed by atoms with van der Waals surface area (Å²) in [6, 6.07) is 8.19. The summed E-state index contributed by atoms with van der Waals surface area (Å²) in [7, 11) is -2.90. The minimum absolute atomic E-state index is 0.149. The molecular weight excluding hydrogens is 267 g/mol. The van der Waals surface area contributed by atoms with Crippen LogP contribution in [0.2, 0.25) is 0 Å². The SMILES string of the molecule is O=S1(=O)CCN(c2ccc3ccc(F)cc3n2)CC1. The second-order valence-electron chi connectivity index (χ2n) is 4.65. The number of nitrogens with zero attached hydrogens (tertiary/aromatic N) is 2. The van der Waals surface area contributed by atoms with E-state index in [0.29, 0.717) is 24.4 Å². The number of hydrogen-bond acceptors (Lipinski definition) is 4. The number of hydrogen-bond donors (Lipinski definition) is 0. The van der Waals surface area contributed by atoms with E-state index in [2.05, 4.69) is 4.98 Å². The van der Waals surface area contributed by atoms with Gasteiger partial charge in [0.05, 0.1) is 17.0 Å². The molecule has 0 atom stereocenters. The van der Waals surface area contributed by atoms with E-state index >= 15 is 0 Å². The van der Waals surface area contributed by atoms with E-state index in [1.54, 1.807) is 6.07 Å². The molecule has 1 aliphatic rings. The van der Waals surface area contributed by atoms with E-state index in [1.807, 2.05) is 17.0 Å². The molecule has 19 heavy (non-hydrogen) atoms. The Hall–Kier alpha value is -1.69. The molecule has 0 spiro atoms. The van der Waals surface area contributed by atoms with Crippen LogP contribution in [0.4, 0.5) is 10.2 Å². The smallest absolute Gasteiger partial charge is 0.153 e. The molecule has 0 unspecified atom stereocenters. The van der Waals surface area contributed by atoms with Crippen LogP contribution in [0.3, 0.4) is 0 Å². The van der Waals surface area contributed by atoms with Crippen LogP contribution in [0.15, 0.2) is 30.3 Å². The number of aromatic nitrogens is 1. The zero-order valence-electron chi connectivity index (χ0n) is 10.2. The average molecular weight is 280 g/mol. The summed E-state index contributed by atoms with van der Waals surface area (Å²) >= 11 is 0. The van der Waals surface area contributed by atoms with Gasteiger partial charge in [0.1, 0.15) is 11.6 Å². The van der Waals surface area contributed by atoms with Crippen LogP contribution in [0.25, 0.3) is 10.9 Å². The zero-order chi connectivity index (χ0) is 13.5. The van der Waals surface area contributed by atoms with Gasteiger partial charge in [-0.05, 0) is 24.3 Å². The van der Waals surface area contributed by atoms with Crippen molar-refractivity contribution >= 4 is 26.6 Å². The molecule has 1 aromatic carbocycles. The van der Waals surface area contributed by atoms with Crippen molar-refractivity contribution in [1.29, 1.82) is 0 Å². The molecule has 6 heteroatoms. The fraction of sp³-hybridized carbons (Fsp3) is 0.308. The van der Waals surface area contributed by atoms with Crippen molar-refractivity contribution in [2.24, 2.45) is 0 Å². The van der Waals surface area contributed by atoms with Crippen molar-refractivity contribution in [2.75, 3.05) is 29.5 Å². The molecular formula is C13H13FN2O2S. The number of anilines is 1. The molecule has 1 saturated heterocycles. The predicted molar refractivity (Wildman–Crippen MR) is 72.6 cm³/mol. The van der Waals surface area contributed by atoms with E-state index in [-0.39, 0.29) is 17.3 Å². The lowest BCUT2D eigenvalue weighted by Gasteiger charge is -2.27. The van der Waals surface area contributed by atoms with Crippen LogP contribution >= 0.6 is 0 Å². The first kappa shape index (κ1) is 12.3. The highest BCUT2D eigenvalue weighted by Gasteiger charge is 2.22. The molecule has 4 nitrogen and oxygen atoms in total. The molecule has 1 fully saturated rings. The number of sulfone groups is 1. The zero-order valence-corrected chi connectivity index (χ0v) is 11.0. The second kappa shape index (κ2) is 4.45. The van der Waals surface area contributed by atoms with Gasteiger partial charge in [0.15, 0.2) is 9.84 Å². The number of halogens is 1. The molecule has 1 aromatic heterocycles. The Labute approximate surface area is 110 Å². The maximum atomic E-state index is 13.2. The first-order chi connectivity index (χ1) is 9.03. The summed E-state index contributed by atoms with van der Waals surface area (Å²) in [5, 5.41) is 0.870. The highest BCUT2D eigenvalue weighted by atomic mass is 32.2. The minimum Gasteiger partial charge on any atom is -0.355 e. The van der Waals surface area contributed by atoms with E-state index in [9.17, 15) is 12.8 Å². The van der Waals surface area contributed by atoms with E-state index < -0.39 is 9.84 Å². The largest absolute Gasteiger partial charge is 0.355 e. The molecule has 0 N–H and O–H groups in total. The monoisotopic (exact) mass is 280 g/mol. The van der Waals surface area contributed by atoms with Gasteiger partial charge in [-0.1, -0.05) is 0 Å². The van der Waals surface area contributed by atoms with Crippen molar-refractivity contribution in [3.05, 3.63) is 36.1 Å². The van der Waals surface area contributed by atoms with Gasteiger partial charge in [-0.25, -0.2) is 17.8 Å². The van der Waals surface area contributed by atoms with Gasteiger partial charge in [-0.2, -0.15) is 0 Å². The molecule has 0 amide bonds. The average Bonchev–Trinajstić information content (AvgIpc) is 2.38. The first-order valence-corrected chi connectivity index (χ1v) is 7.87. The number of fused-ring (bicyclic) bond motifs is 1. The van der Waals surface area contributed by atoms with Crippen molar-refractivity contribution in [3.63, 3.8) is 0 Å². The summed E-state index contributed by atoms with van der Waals surface area (Å²) in [5.74, 6) is 0.678. The molecule has 100 valence electrons. The first-order valence-electron chi connectivity index (χ1n) is 6.05. The van der Waals surface area contributed by atoms with Crippen LogP contribution in [0.5, 0.6) is 0 Å². The van der Waals surface area contributed by atoms with E-state index in [1.165, 1.54) is 12.1 Å². The Kier molecular flexibility index (Phi) is 2.89. The molecule has 2 aromatic rings. The summed E-state index contributed by atoms with van der Waals surface area (Å²) in [4.78, 5) is 6.32. The Bertz CT molecular complexity index is 717. The lowest BCUT2D eigenvalue weighted by Crippen LogP contribution is -2.40. The quantitative estimate of drug-likeness (QED) is 0.796. The number of pyridine rings is 1. The fourth-order valence-corrected chi connectivity index (χ4v) is 3.40. The highest BCUT2D eigenvalue weighted by Crippen LogP contribution is 2.20. The molecule has 0 bridgehead atoms. The Morgan fingerprint density at radius 1 is 1.11 bits per heavy atom. The van der Waals surface area contributed by atoms with E-state index in [4.69, 9.17) is 0 Å². The Morgan fingerprint density at radius 2 is 1.79 bits per heavy atom. The fourth-order valence-electron chi connectivity index (χ4n) is 2.20. The van der Waals surface area contributed by atoms with Crippen molar-refractivity contribution < 1.29 is 12.8 Å². The molecule has 2 heterocycles. The molecule has 1 aliphatic heterocycles. The second-order valence-corrected chi connectivity index (χ2v) is 6.95. The maximum absolute atomic E-state index is 13.2. The minimum atomic E-state index is -2.90. The van der Waals surface area contributed by atoms with E-state index in [0.717, 1.165) is 5.39 Å².